The van der Waals surface area contributed by atoms with Gasteiger partial charge in [0.25, 0.3) is 0 Å². The average Bonchev–Trinajstić information content (AvgIpc) is 3.18. The maximum atomic E-state index is 11.3. The molecule has 0 saturated carbocycles. The van der Waals surface area contributed by atoms with Crippen molar-refractivity contribution in [3.05, 3.63) is 11.5 Å². The number of nitrogens with zero attached hydrogens (tertiary/aromatic N) is 4. The Morgan fingerprint density at radius 3 is 2.57 bits per heavy atom. The number of ether oxygens (including phenoxy) is 5. The van der Waals surface area contributed by atoms with E-state index in [2.05, 4.69) is 15.0 Å². The topological polar surface area (TPSA) is 136 Å². The summed E-state index contributed by atoms with van der Waals surface area (Å²) in [4.78, 5) is 12.4. The summed E-state index contributed by atoms with van der Waals surface area (Å²) >= 11 is 6.16. The van der Waals surface area contributed by atoms with Crippen LogP contribution in [-0.2, 0) is 23.7 Å². The standard InChI is InChI=1S/C18H24ClN5O6/c1-17(2)26-5-7-10(28-17)12-11(29-18(3,4)30-12)9(25)15(27-7)24-6-21-8-13(19)22-16(20)23-14(8)24/h6-7,9-12,15,25H,5H2,1-4H3,(H2,20,22,23)/t7?,9?,10-,11-,12?,15?/m0/s1. The fraction of sp³-hybridized carbons (Fsp3) is 0.722. The molecule has 3 fully saturated rings. The molecular weight excluding hydrogens is 418 g/mol. The van der Waals surface area contributed by atoms with Crippen molar-refractivity contribution < 1.29 is 28.8 Å². The van der Waals surface area contributed by atoms with Crippen molar-refractivity contribution >= 4 is 28.7 Å². The number of nitrogen functional groups attached to an aromatic ring is 1. The van der Waals surface area contributed by atoms with Gasteiger partial charge >= 0.3 is 0 Å². The summed E-state index contributed by atoms with van der Waals surface area (Å²) in [6.07, 6.45) is -2.90. The van der Waals surface area contributed by atoms with Crippen molar-refractivity contribution in [3.8, 4) is 0 Å². The minimum absolute atomic E-state index is 0.0132. The summed E-state index contributed by atoms with van der Waals surface area (Å²) in [5.41, 5.74) is 6.45. The maximum absolute atomic E-state index is 11.3. The highest BCUT2D eigenvalue weighted by atomic mass is 35.5. The minimum atomic E-state index is -1.12. The molecule has 11 nitrogen and oxygen atoms in total. The molecule has 2 aromatic heterocycles. The van der Waals surface area contributed by atoms with Crippen LogP contribution in [0.15, 0.2) is 6.33 Å². The molecule has 0 aromatic carbocycles. The number of hydrogen-bond donors (Lipinski definition) is 2. The van der Waals surface area contributed by atoms with Gasteiger partial charge in [-0.2, -0.15) is 9.97 Å². The molecule has 3 aliphatic heterocycles. The van der Waals surface area contributed by atoms with Gasteiger partial charge < -0.3 is 34.5 Å². The van der Waals surface area contributed by atoms with Crippen LogP contribution in [0.5, 0.6) is 0 Å². The summed E-state index contributed by atoms with van der Waals surface area (Å²) in [7, 11) is 0. The second kappa shape index (κ2) is 6.70. The highest BCUT2D eigenvalue weighted by molar-refractivity contribution is 6.33. The number of fused-ring (bicyclic) bond motifs is 4. The Kier molecular flexibility index (Phi) is 4.53. The quantitative estimate of drug-likeness (QED) is 0.616. The van der Waals surface area contributed by atoms with Crippen molar-refractivity contribution in [1.82, 2.24) is 19.5 Å². The molecule has 164 valence electrons. The molecular formula is C18H24ClN5O6. The number of halogens is 1. The maximum Gasteiger partial charge on any atom is 0.223 e. The Labute approximate surface area is 177 Å². The third-order valence-electron chi connectivity index (χ3n) is 5.48. The summed E-state index contributed by atoms with van der Waals surface area (Å²) < 4.78 is 32.0. The molecule has 0 aliphatic carbocycles. The summed E-state index contributed by atoms with van der Waals surface area (Å²) in [6.45, 7) is 7.48. The molecule has 5 rings (SSSR count). The molecule has 6 atom stereocenters. The molecule has 12 heteroatoms. The van der Waals surface area contributed by atoms with E-state index in [-0.39, 0.29) is 17.7 Å². The molecule has 2 aromatic rings. The van der Waals surface area contributed by atoms with Gasteiger partial charge in [-0.05, 0) is 27.7 Å². The third kappa shape index (κ3) is 3.25. The Morgan fingerprint density at radius 1 is 1.10 bits per heavy atom. The van der Waals surface area contributed by atoms with Crippen LogP contribution in [0, 0.1) is 0 Å². The lowest BCUT2D eigenvalue weighted by Crippen LogP contribution is -2.55. The van der Waals surface area contributed by atoms with Gasteiger partial charge in [0.05, 0.1) is 12.9 Å². The van der Waals surface area contributed by atoms with Crippen LogP contribution in [0.25, 0.3) is 11.2 Å². The van der Waals surface area contributed by atoms with Gasteiger partial charge in [-0.1, -0.05) is 11.6 Å². The zero-order valence-electron chi connectivity index (χ0n) is 17.0. The number of rotatable bonds is 1. The van der Waals surface area contributed by atoms with E-state index in [0.29, 0.717) is 11.2 Å². The number of aliphatic hydroxyl groups excluding tert-OH is 1. The Morgan fingerprint density at radius 2 is 1.80 bits per heavy atom. The summed E-state index contributed by atoms with van der Waals surface area (Å²) in [5.74, 6) is -1.74. The number of imidazole rings is 1. The first-order chi connectivity index (χ1) is 14.0. The predicted octanol–water partition coefficient (Wildman–Crippen LogP) is 0.992. The van der Waals surface area contributed by atoms with Crippen LogP contribution < -0.4 is 5.73 Å². The molecule has 0 radical (unpaired) electrons. The Hall–Kier alpha value is -1.60. The van der Waals surface area contributed by atoms with E-state index in [1.165, 1.54) is 6.33 Å². The molecule has 0 bridgehead atoms. The van der Waals surface area contributed by atoms with Gasteiger partial charge in [0.1, 0.15) is 36.0 Å². The first-order valence-electron chi connectivity index (χ1n) is 9.71. The first kappa shape index (κ1) is 20.3. The molecule has 30 heavy (non-hydrogen) atoms. The van der Waals surface area contributed by atoms with Crippen molar-refractivity contribution in [2.75, 3.05) is 12.3 Å². The Bertz CT molecular complexity index is 983. The lowest BCUT2D eigenvalue weighted by atomic mass is 9.99. The van der Waals surface area contributed by atoms with Gasteiger partial charge in [-0.3, -0.25) is 4.57 Å². The van der Waals surface area contributed by atoms with E-state index in [1.807, 2.05) is 13.8 Å². The second-order valence-electron chi connectivity index (χ2n) is 8.61. The van der Waals surface area contributed by atoms with Gasteiger partial charge in [0.2, 0.25) is 5.95 Å². The molecule has 3 N–H and O–H groups in total. The summed E-state index contributed by atoms with van der Waals surface area (Å²) in [6, 6.07) is 0. The van der Waals surface area contributed by atoms with Gasteiger partial charge in [0, 0.05) is 0 Å². The van der Waals surface area contributed by atoms with E-state index < -0.39 is 48.3 Å². The van der Waals surface area contributed by atoms with Crippen LogP contribution >= 0.6 is 11.6 Å². The molecule has 3 aliphatic rings. The number of aliphatic hydroxyl groups is 1. The van der Waals surface area contributed by atoms with Gasteiger partial charge in [-0.15, -0.1) is 0 Å². The molecule has 3 saturated heterocycles. The largest absolute Gasteiger partial charge is 0.386 e. The van der Waals surface area contributed by atoms with E-state index in [4.69, 9.17) is 41.0 Å². The van der Waals surface area contributed by atoms with E-state index in [9.17, 15) is 5.11 Å². The molecule has 0 spiro atoms. The number of aromatic nitrogens is 4. The van der Waals surface area contributed by atoms with Crippen molar-refractivity contribution in [1.29, 1.82) is 0 Å². The van der Waals surface area contributed by atoms with E-state index >= 15 is 0 Å². The van der Waals surface area contributed by atoms with Gasteiger partial charge in [-0.25, -0.2) is 4.98 Å². The monoisotopic (exact) mass is 441 g/mol. The number of hydrogen-bond acceptors (Lipinski definition) is 10. The highest BCUT2D eigenvalue weighted by Gasteiger charge is 2.58. The zero-order chi connectivity index (χ0) is 21.4. The van der Waals surface area contributed by atoms with Crippen molar-refractivity contribution in [2.45, 2.75) is 76.0 Å². The number of nitrogens with two attached hydrogens (primary N) is 1. The Balaban J connectivity index is 1.59. The first-order valence-corrected chi connectivity index (χ1v) is 10.1. The van der Waals surface area contributed by atoms with Gasteiger partial charge in [0.15, 0.2) is 28.6 Å². The summed E-state index contributed by atoms with van der Waals surface area (Å²) in [5, 5.41) is 11.4. The lowest BCUT2D eigenvalue weighted by molar-refractivity contribution is -0.332. The van der Waals surface area contributed by atoms with Crippen LogP contribution in [0.3, 0.4) is 0 Å². The third-order valence-corrected chi connectivity index (χ3v) is 5.75. The van der Waals surface area contributed by atoms with Crippen LogP contribution in [-0.4, -0.2) is 73.3 Å². The highest BCUT2D eigenvalue weighted by Crippen LogP contribution is 2.43. The second-order valence-corrected chi connectivity index (χ2v) is 8.97. The van der Waals surface area contributed by atoms with Crippen LogP contribution in [0.4, 0.5) is 5.95 Å². The average molecular weight is 442 g/mol. The van der Waals surface area contributed by atoms with Crippen LogP contribution in [0.1, 0.15) is 33.9 Å². The van der Waals surface area contributed by atoms with Crippen molar-refractivity contribution in [2.24, 2.45) is 0 Å². The molecule has 0 amide bonds. The normalized spacial score (nSPS) is 37.5. The minimum Gasteiger partial charge on any atom is -0.386 e. The molecule has 5 heterocycles. The fourth-order valence-corrected chi connectivity index (χ4v) is 4.50. The zero-order valence-corrected chi connectivity index (χ0v) is 17.7. The predicted molar refractivity (Wildman–Crippen MR) is 103 cm³/mol. The lowest BCUT2D eigenvalue weighted by Gasteiger charge is -2.42. The smallest absolute Gasteiger partial charge is 0.223 e. The molecule has 4 unspecified atom stereocenters. The number of anilines is 1. The van der Waals surface area contributed by atoms with E-state index in [1.54, 1.807) is 18.4 Å². The van der Waals surface area contributed by atoms with E-state index in [0.717, 1.165) is 0 Å². The van der Waals surface area contributed by atoms with Crippen molar-refractivity contribution in [3.63, 3.8) is 0 Å². The SMILES string of the molecule is CC1(C)OCC2OC(n3cnc4c(Cl)nc(N)nc43)C(O)[C@@H]3OC(C)(C)OC3[C@H]2O1. The van der Waals surface area contributed by atoms with Crippen LogP contribution in [0.2, 0.25) is 5.15 Å². The fourth-order valence-electron chi connectivity index (χ4n) is 4.28.